The molecule has 0 aliphatic carbocycles. The molecule has 84 valence electrons. The Kier molecular flexibility index (Phi) is 3.92. The highest BCUT2D eigenvalue weighted by Crippen LogP contribution is 2.37. The topological polar surface area (TPSA) is 38.9 Å². The summed E-state index contributed by atoms with van der Waals surface area (Å²) < 4.78 is 5.26. The molecule has 3 nitrogen and oxygen atoms in total. The molecule has 1 aromatic heterocycles. The normalized spacial score (nSPS) is 24.0. The lowest BCUT2D eigenvalue weighted by molar-refractivity contribution is 0.364. The van der Waals surface area contributed by atoms with E-state index < -0.39 is 0 Å². The van der Waals surface area contributed by atoms with Gasteiger partial charge in [-0.15, -0.1) is 23.4 Å². The van der Waals surface area contributed by atoms with Gasteiger partial charge >= 0.3 is 0 Å². The van der Waals surface area contributed by atoms with E-state index in [-0.39, 0.29) is 5.38 Å². The van der Waals surface area contributed by atoms with Crippen molar-refractivity contribution in [3.8, 4) is 0 Å². The minimum Gasteiger partial charge on any atom is -0.338 e. The first-order valence-electron chi connectivity index (χ1n) is 5.40. The van der Waals surface area contributed by atoms with Gasteiger partial charge in [0.25, 0.3) is 0 Å². The molecule has 1 aliphatic rings. The molecule has 0 amide bonds. The van der Waals surface area contributed by atoms with Crippen molar-refractivity contribution in [1.29, 1.82) is 0 Å². The quantitative estimate of drug-likeness (QED) is 0.762. The van der Waals surface area contributed by atoms with Gasteiger partial charge in [-0.25, -0.2) is 0 Å². The molecule has 0 radical (unpaired) electrons. The molecule has 0 spiro atoms. The summed E-state index contributed by atoms with van der Waals surface area (Å²) in [7, 11) is 0. The molecular weight excluding hydrogens is 232 g/mol. The summed E-state index contributed by atoms with van der Waals surface area (Å²) in [5.74, 6) is 2.59. The maximum atomic E-state index is 6.05. The summed E-state index contributed by atoms with van der Waals surface area (Å²) in [6, 6.07) is 0. The molecule has 2 atom stereocenters. The van der Waals surface area contributed by atoms with Crippen molar-refractivity contribution in [2.24, 2.45) is 0 Å². The zero-order chi connectivity index (χ0) is 10.7. The van der Waals surface area contributed by atoms with Gasteiger partial charge in [-0.1, -0.05) is 18.5 Å². The lowest BCUT2D eigenvalue weighted by atomic mass is 10.2. The van der Waals surface area contributed by atoms with Crippen molar-refractivity contribution in [3.05, 3.63) is 11.7 Å². The van der Waals surface area contributed by atoms with Crippen LogP contribution in [-0.4, -0.2) is 15.9 Å². The van der Waals surface area contributed by atoms with Crippen LogP contribution in [0.1, 0.15) is 54.9 Å². The van der Waals surface area contributed by atoms with Gasteiger partial charge in [0.05, 0.1) is 10.6 Å². The van der Waals surface area contributed by atoms with Crippen LogP contribution in [-0.2, 0) is 0 Å². The molecule has 2 unspecified atom stereocenters. The van der Waals surface area contributed by atoms with Gasteiger partial charge in [0.1, 0.15) is 0 Å². The summed E-state index contributed by atoms with van der Waals surface area (Å²) in [4.78, 5) is 4.37. The van der Waals surface area contributed by atoms with Crippen LogP contribution in [0.15, 0.2) is 4.52 Å². The van der Waals surface area contributed by atoms with Crippen molar-refractivity contribution in [3.63, 3.8) is 0 Å². The Morgan fingerprint density at radius 1 is 1.60 bits per heavy atom. The number of thioether (sulfide) groups is 1. The Labute approximate surface area is 99.0 Å². The standard InChI is InChI=1S/C10H15ClN2OS/c1-2-7(11)9-12-10(14-13-9)8-5-3-4-6-15-8/h7-8H,2-6H2,1H3. The first-order chi connectivity index (χ1) is 7.31. The molecule has 0 aromatic carbocycles. The van der Waals surface area contributed by atoms with Gasteiger partial charge in [0.2, 0.25) is 5.89 Å². The fourth-order valence-corrected chi connectivity index (χ4v) is 2.94. The van der Waals surface area contributed by atoms with Crippen LogP contribution in [0, 0.1) is 0 Å². The zero-order valence-electron chi connectivity index (χ0n) is 8.78. The number of aromatic nitrogens is 2. The summed E-state index contributed by atoms with van der Waals surface area (Å²) in [5, 5.41) is 4.21. The highest BCUT2D eigenvalue weighted by atomic mass is 35.5. The predicted molar refractivity (Wildman–Crippen MR) is 62.2 cm³/mol. The van der Waals surface area contributed by atoms with Gasteiger partial charge in [-0.3, -0.25) is 0 Å². The number of hydrogen-bond acceptors (Lipinski definition) is 4. The lowest BCUT2D eigenvalue weighted by Crippen LogP contribution is -2.02. The first-order valence-corrected chi connectivity index (χ1v) is 6.89. The van der Waals surface area contributed by atoms with E-state index in [1.165, 1.54) is 18.6 Å². The highest BCUT2D eigenvalue weighted by molar-refractivity contribution is 7.99. The summed E-state index contributed by atoms with van der Waals surface area (Å²) in [6.07, 6.45) is 4.53. The Bertz CT molecular complexity index is 312. The Morgan fingerprint density at radius 3 is 3.13 bits per heavy atom. The third kappa shape index (κ3) is 2.67. The highest BCUT2D eigenvalue weighted by Gasteiger charge is 2.23. The fourth-order valence-electron chi connectivity index (χ4n) is 1.62. The number of hydrogen-bond donors (Lipinski definition) is 0. The third-order valence-corrected chi connectivity index (χ3v) is 4.42. The fraction of sp³-hybridized carbons (Fsp3) is 0.800. The van der Waals surface area contributed by atoms with E-state index in [0.717, 1.165) is 18.7 Å². The summed E-state index contributed by atoms with van der Waals surface area (Å²) in [5.41, 5.74) is 0. The monoisotopic (exact) mass is 246 g/mol. The molecule has 5 heteroatoms. The van der Waals surface area contributed by atoms with E-state index in [1.807, 2.05) is 18.7 Å². The molecule has 0 N–H and O–H groups in total. The van der Waals surface area contributed by atoms with Crippen LogP contribution in [0.25, 0.3) is 0 Å². The summed E-state index contributed by atoms with van der Waals surface area (Å²) in [6.45, 7) is 2.02. The Morgan fingerprint density at radius 2 is 2.47 bits per heavy atom. The number of alkyl halides is 1. The van der Waals surface area contributed by atoms with Gasteiger partial charge in [-0.2, -0.15) is 4.98 Å². The Hall–Kier alpha value is -0.220. The van der Waals surface area contributed by atoms with Crippen LogP contribution < -0.4 is 0 Å². The zero-order valence-corrected chi connectivity index (χ0v) is 10.4. The Balaban J connectivity index is 2.05. The smallest absolute Gasteiger partial charge is 0.239 e. The van der Waals surface area contributed by atoms with Crippen molar-refractivity contribution in [2.45, 2.75) is 43.2 Å². The van der Waals surface area contributed by atoms with Crippen LogP contribution in [0.3, 0.4) is 0 Å². The molecule has 0 bridgehead atoms. The van der Waals surface area contributed by atoms with Gasteiger partial charge < -0.3 is 4.52 Å². The number of nitrogens with zero attached hydrogens (tertiary/aromatic N) is 2. The van der Waals surface area contributed by atoms with Crippen molar-refractivity contribution in [1.82, 2.24) is 10.1 Å². The molecule has 2 heterocycles. The second-order valence-electron chi connectivity index (χ2n) is 3.72. The van der Waals surface area contributed by atoms with Crippen LogP contribution in [0.4, 0.5) is 0 Å². The van der Waals surface area contributed by atoms with E-state index in [2.05, 4.69) is 10.1 Å². The number of rotatable bonds is 3. The molecule has 1 fully saturated rings. The van der Waals surface area contributed by atoms with E-state index in [4.69, 9.17) is 16.1 Å². The molecule has 1 saturated heterocycles. The lowest BCUT2D eigenvalue weighted by Gasteiger charge is -2.16. The maximum Gasteiger partial charge on any atom is 0.239 e. The first kappa shape index (κ1) is 11.3. The van der Waals surface area contributed by atoms with Gasteiger partial charge in [-0.05, 0) is 25.0 Å². The van der Waals surface area contributed by atoms with Gasteiger partial charge in [0.15, 0.2) is 5.82 Å². The molecule has 15 heavy (non-hydrogen) atoms. The molecule has 0 saturated carbocycles. The predicted octanol–water partition coefficient (Wildman–Crippen LogP) is 3.72. The minimum atomic E-state index is -0.115. The number of halogens is 1. The third-order valence-electron chi connectivity index (χ3n) is 2.55. The van der Waals surface area contributed by atoms with E-state index in [9.17, 15) is 0 Å². The molecular formula is C10H15ClN2OS. The van der Waals surface area contributed by atoms with E-state index >= 15 is 0 Å². The molecule has 1 aromatic rings. The van der Waals surface area contributed by atoms with Crippen LogP contribution >= 0.6 is 23.4 Å². The largest absolute Gasteiger partial charge is 0.338 e. The van der Waals surface area contributed by atoms with Crippen LogP contribution in [0.2, 0.25) is 0 Å². The second-order valence-corrected chi connectivity index (χ2v) is 5.56. The van der Waals surface area contributed by atoms with Crippen molar-refractivity contribution < 1.29 is 4.52 Å². The average Bonchev–Trinajstić information content (AvgIpc) is 2.78. The van der Waals surface area contributed by atoms with Crippen molar-refractivity contribution >= 4 is 23.4 Å². The van der Waals surface area contributed by atoms with Crippen LogP contribution in [0.5, 0.6) is 0 Å². The van der Waals surface area contributed by atoms with Gasteiger partial charge in [0, 0.05) is 0 Å². The second kappa shape index (κ2) is 5.21. The molecule has 1 aliphatic heterocycles. The van der Waals surface area contributed by atoms with Crippen molar-refractivity contribution in [2.75, 3.05) is 5.75 Å². The summed E-state index contributed by atoms with van der Waals surface area (Å²) >= 11 is 7.96. The maximum absolute atomic E-state index is 6.05. The van der Waals surface area contributed by atoms with E-state index in [0.29, 0.717) is 11.1 Å². The minimum absolute atomic E-state index is 0.115. The molecule has 2 rings (SSSR count). The SMILES string of the molecule is CCC(Cl)c1noc(C2CCCCS2)n1. The average molecular weight is 247 g/mol. The van der Waals surface area contributed by atoms with E-state index in [1.54, 1.807) is 0 Å².